The van der Waals surface area contributed by atoms with Gasteiger partial charge in [0.15, 0.2) is 0 Å². The Labute approximate surface area is 111 Å². The molecule has 0 amide bonds. The molecule has 1 aromatic carbocycles. The van der Waals surface area contributed by atoms with Crippen molar-refractivity contribution in [2.24, 2.45) is 0 Å². The number of hydrogen-bond donors (Lipinski definition) is 1. The molecule has 0 fully saturated rings. The molecular weight excluding hydrogens is 242 g/mol. The Morgan fingerprint density at radius 3 is 2.78 bits per heavy atom. The van der Waals surface area contributed by atoms with Gasteiger partial charge >= 0.3 is 0 Å². The van der Waals surface area contributed by atoms with Gasteiger partial charge < -0.3 is 4.90 Å². The number of benzene rings is 1. The minimum absolute atomic E-state index is 0.232. The highest BCUT2D eigenvalue weighted by Gasteiger charge is 2.37. The first kappa shape index (κ1) is 11.4. The molecule has 3 rings (SSSR count). The summed E-state index contributed by atoms with van der Waals surface area (Å²) in [7, 11) is 0. The number of fused-ring (bicyclic) bond motifs is 1. The van der Waals surface area contributed by atoms with E-state index in [1.54, 1.807) is 11.3 Å². The van der Waals surface area contributed by atoms with Crippen LogP contribution in [0.15, 0.2) is 35.8 Å². The Morgan fingerprint density at radius 1 is 1.33 bits per heavy atom. The first-order chi connectivity index (χ1) is 8.60. The Kier molecular flexibility index (Phi) is 2.48. The third-order valence-corrected chi connectivity index (χ3v) is 4.59. The molecule has 0 aliphatic carbocycles. The van der Waals surface area contributed by atoms with Crippen molar-refractivity contribution in [2.75, 3.05) is 0 Å². The summed E-state index contributed by atoms with van der Waals surface area (Å²) in [5, 5.41) is 11.4. The Hall–Kier alpha value is -1.68. The Morgan fingerprint density at radius 2 is 2.11 bits per heavy atom. The lowest BCUT2D eigenvalue weighted by molar-refractivity contribution is 0.216. The number of aromatic nitrogens is 1. The molecule has 0 spiro atoms. The first-order valence-corrected chi connectivity index (χ1v) is 6.83. The minimum Gasteiger partial charge on any atom is -0.341 e. The summed E-state index contributed by atoms with van der Waals surface area (Å²) in [5.74, 6) is 0.603. The monoisotopic (exact) mass is 257 g/mol. The van der Waals surface area contributed by atoms with E-state index in [9.17, 15) is 0 Å². The normalized spacial score (nSPS) is 15.0. The number of thiazole rings is 1. The van der Waals surface area contributed by atoms with Crippen molar-refractivity contribution in [2.45, 2.75) is 25.9 Å². The Balaban J connectivity index is 2.00. The van der Waals surface area contributed by atoms with Crippen LogP contribution in [0.2, 0.25) is 0 Å². The maximum absolute atomic E-state index is 8.35. The van der Waals surface area contributed by atoms with Crippen molar-refractivity contribution in [1.82, 2.24) is 9.88 Å². The van der Waals surface area contributed by atoms with E-state index < -0.39 is 0 Å². The van der Waals surface area contributed by atoms with E-state index in [2.05, 4.69) is 29.8 Å². The summed E-state index contributed by atoms with van der Waals surface area (Å²) in [6.45, 7) is 5.06. The maximum atomic E-state index is 8.35. The molecule has 0 unspecified atom stereocenters. The Bertz CT molecular complexity index is 587. The van der Waals surface area contributed by atoms with Crippen LogP contribution in [-0.2, 0) is 12.1 Å². The van der Waals surface area contributed by atoms with E-state index in [-0.39, 0.29) is 5.54 Å². The van der Waals surface area contributed by atoms with E-state index in [4.69, 9.17) is 5.41 Å². The molecule has 1 N–H and O–H groups in total. The molecule has 0 bridgehead atoms. The molecular formula is C14H15N3S. The molecule has 2 heterocycles. The summed E-state index contributed by atoms with van der Waals surface area (Å²) in [5.41, 5.74) is 2.04. The highest BCUT2D eigenvalue weighted by molar-refractivity contribution is 7.09. The van der Waals surface area contributed by atoms with Crippen molar-refractivity contribution < 1.29 is 0 Å². The molecule has 92 valence electrons. The number of amidine groups is 1. The van der Waals surface area contributed by atoms with Gasteiger partial charge in [-0.3, -0.25) is 5.41 Å². The molecule has 0 radical (unpaired) electrons. The lowest BCUT2D eigenvalue weighted by Gasteiger charge is -2.35. The molecule has 18 heavy (non-hydrogen) atoms. The average Bonchev–Trinajstić information content (AvgIpc) is 2.98. The predicted octanol–water partition coefficient (Wildman–Crippen LogP) is 3.22. The minimum atomic E-state index is -0.232. The zero-order valence-corrected chi connectivity index (χ0v) is 11.3. The quantitative estimate of drug-likeness (QED) is 0.897. The summed E-state index contributed by atoms with van der Waals surface area (Å²) in [4.78, 5) is 6.53. The van der Waals surface area contributed by atoms with Crippen molar-refractivity contribution in [3.63, 3.8) is 0 Å². The zero-order valence-electron chi connectivity index (χ0n) is 10.5. The molecule has 0 atom stereocenters. The number of hydrogen-bond acceptors (Lipinski definition) is 3. The van der Waals surface area contributed by atoms with E-state index in [1.165, 1.54) is 5.56 Å². The van der Waals surface area contributed by atoms with Crippen LogP contribution in [0.4, 0.5) is 0 Å². The fourth-order valence-corrected chi connectivity index (χ4v) is 3.17. The number of rotatable bonds is 2. The molecule has 2 aromatic rings. The van der Waals surface area contributed by atoms with E-state index in [0.29, 0.717) is 5.84 Å². The number of nitrogens with zero attached hydrogens (tertiary/aromatic N) is 2. The van der Waals surface area contributed by atoms with E-state index >= 15 is 0 Å². The van der Waals surface area contributed by atoms with Crippen molar-refractivity contribution >= 4 is 17.2 Å². The van der Waals surface area contributed by atoms with Crippen LogP contribution in [-0.4, -0.2) is 15.7 Å². The lowest BCUT2D eigenvalue weighted by Crippen LogP contribution is -2.41. The SMILES string of the molecule is CC(C)(c1nccs1)N1Cc2ccccc2C1=N. The highest BCUT2D eigenvalue weighted by atomic mass is 32.1. The topological polar surface area (TPSA) is 40.0 Å². The summed E-state index contributed by atoms with van der Waals surface area (Å²) in [6.07, 6.45) is 1.83. The van der Waals surface area contributed by atoms with Crippen LogP contribution in [0.1, 0.15) is 30.0 Å². The molecule has 1 aromatic heterocycles. The van der Waals surface area contributed by atoms with Crippen LogP contribution < -0.4 is 0 Å². The van der Waals surface area contributed by atoms with Crippen LogP contribution in [0.3, 0.4) is 0 Å². The summed E-state index contributed by atoms with van der Waals surface area (Å²) >= 11 is 1.65. The predicted molar refractivity (Wildman–Crippen MR) is 74.0 cm³/mol. The van der Waals surface area contributed by atoms with Crippen molar-refractivity contribution in [3.05, 3.63) is 52.0 Å². The van der Waals surface area contributed by atoms with Crippen LogP contribution in [0, 0.1) is 5.41 Å². The van der Waals surface area contributed by atoms with Crippen molar-refractivity contribution in [1.29, 1.82) is 5.41 Å². The van der Waals surface area contributed by atoms with Crippen LogP contribution in [0.25, 0.3) is 0 Å². The standard InChI is InChI=1S/C14H15N3S/c1-14(2,13-16-7-8-18-13)17-9-10-5-3-4-6-11(10)12(17)15/h3-8,15H,9H2,1-2H3. The molecule has 0 saturated heterocycles. The molecule has 0 saturated carbocycles. The summed E-state index contributed by atoms with van der Waals surface area (Å²) in [6, 6.07) is 8.15. The first-order valence-electron chi connectivity index (χ1n) is 5.95. The molecule has 4 heteroatoms. The van der Waals surface area contributed by atoms with Crippen LogP contribution in [0.5, 0.6) is 0 Å². The molecule has 1 aliphatic heterocycles. The lowest BCUT2D eigenvalue weighted by atomic mass is 10.0. The van der Waals surface area contributed by atoms with E-state index in [0.717, 1.165) is 17.1 Å². The van der Waals surface area contributed by atoms with Gasteiger partial charge in [-0.15, -0.1) is 11.3 Å². The third-order valence-electron chi connectivity index (χ3n) is 3.50. The van der Waals surface area contributed by atoms with Gasteiger partial charge in [0.1, 0.15) is 10.8 Å². The van der Waals surface area contributed by atoms with Gasteiger partial charge in [-0.1, -0.05) is 24.3 Å². The zero-order chi connectivity index (χ0) is 12.8. The second-order valence-electron chi connectivity index (χ2n) is 4.99. The smallest absolute Gasteiger partial charge is 0.129 e. The fourth-order valence-electron chi connectivity index (χ4n) is 2.40. The third kappa shape index (κ3) is 1.56. The molecule has 1 aliphatic rings. The van der Waals surface area contributed by atoms with Crippen LogP contribution >= 0.6 is 11.3 Å². The largest absolute Gasteiger partial charge is 0.341 e. The highest BCUT2D eigenvalue weighted by Crippen LogP contribution is 2.36. The van der Waals surface area contributed by atoms with Crippen molar-refractivity contribution in [3.8, 4) is 0 Å². The van der Waals surface area contributed by atoms with Gasteiger partial charge in [0.05, 0.1) is 5.54 Å². The van der Waals surface area contributed by atoms with E-state index in [1.807, 2.05) is 29.8 Å². The van der Waals surface area contributed by atoms with Gasteiger partial charge in [0.25, 0.3) is 0 Å². The maximum Gasteiger partial charge on any atom is 0.129 e. The molecule has 3 nitrogen and oxygen atoms in total. The second kappa shape index (κ2) is 3.92. The average molecular weight is 257 g/mol. The summed E-state index contributed by atoms with van der Waals surface area (Å²) < 4.78 is 0. The van der Waals surface area contributed by atoms with Gasteiger partial charge in [0.2, 0.25) is 0 Å². The fraction of sp³-hybridized carbons (Fsp3) is 0.286. The van der Waals surface area contributed by atoms with Gasteiger partial charge in [-0.2, -0.15) is 0 Å². The van der Waals surface area contributed by atoms with Gasteiger partial charge in [0, 0.05) is 23.7 Å². The van der Waals surface area contributed by atoms with Gasteiger partial charge in [-0.05, 0) is 19.4 Å². The second-order valence-corrected chi connectivity index (χ2v) is 5.88. The number of nitrogens with one attached hydrogen (secondary N) is 1. The van der Waals surface area contributed by atoms with Gasteiger partial charge in [-0.25, -0.2) is 4.98 Å².